The van der Waals surface area contributed by atoms with Crippen LogP contribution in [0.5, 0.6) is 11.5 Å². The van der Waals surface area contributed by atoms with Crippen LogP contribution in [0.2, 0.25) is 0 Å². The van der Waals surface area contributed by atoms with Crippen LogP contribution in [0.4, 0.5) is 4.79 Å². The number of aryl methyl sites for hydroxylation is 2. The van der Waals surface area contributed by atoms with Gasteiger partial charge < -0.3 is 43.5 Å². The van der Waals surface area contributed by atoms with Crippen molar-refractivity contribution in [2.24, 2.45) is 7.05 Å². The van der Waals surface area contributed by atoms with E-state index in [0.29, 0.717) is 25.4 Å². The molecule has 1 N–H and O–H groups in total. The first-order valence-electron chi connectivity index (χ1n) is 16.8. The molecule has 5 aromatic rings. The third-order valence-corrected chi connectivity index (χ3v) is 8.07. The van der Waals surface area contributed by atoms with E-state index < -0.39 is 29.6 Å². The molecule has 0 unspecified atom stereocenters. The molecule has 0 saturated carbocycles. The number of rotatable bonds is 14. The lowest BCUT2D eigenvalue weighted by atomic mass is 10.1. The fourth-order valence-electron chi connectivity index (χ4n) is 5.48. The van der Waals surface area contributed by atoms with Crippen LogP contribution in [0.25, 0.3) is 11.1 Å². The molecule has 0 aliphatic carbocycles. The second-order valence-electron chi connectivity index (χ2n) is 13.1. The van der Waals surface area contributed by atoms with E-state index in [0.717, 1.165) is 33.9 Å². The molecule has 16 heteroatoms. The van der Waals surface area contributed by atoms with Crippen molar-refractivity contribution < 1.29 is 62.1 Å². The number of imide groups is 1. The zero-order chi connectivity index (χ0) is 36.8. The average Bonchev–Trinajstić information content (AvgIpc) is 3.81. The fraction of sp³-hybridized carbons (Fsp3) is 0.324. The first kappa shape index (κ1) is 38.9. The summed E-state index contributed by atoms with van der Waals surface area (Å²) in [5.41, 5.74) is 2.84. The minimum Gasteiger partial charge on any atom is -1.00 e. The third kappa shape index (κ3) is 9.75. The number of nitrogens with zero attached hydrogens (tertiary/aromatic N) is 7. The van der Waals surface area contributed by atoms with Crippen molar-refractivity contribution >= 4 is 17.9 Å². The minimum atomic E-state index is -1.05. The van der Waals surface area contributed by atoms with Crippen LogP contribution in [0.15, 0.2) is 85.2 Å². The van der Waals surface area contributed by atoms with Gasteiger partial charge in [-0.3, -0.25) is 9.59 Å². The molecule has 3 aromatic carbocycles. The molecule has 0 saturated heterocycles. The topological polar surface area (TPSA) is 156 Å². The Morgan fingerprint density at radius 3 is 2.23 bits per heavy atom. The molecule has 15 nitrogen and oxygen atoms in total. The maximum Gasteiger partial charge on any atom is 0.407 e. The van der Waals surface area contributed by atoms with E-state index in [2.05, 4.69) is 25.4 Å². The number of nitrogens with one attached hydrogen (secondary N) is 1. The Labute approximate surface area is 323 Å². The van der Waals surface area contributed by atoms with Gasteiger partial charge in [0.15, 0.2) is 13.2 Å². The number of benzene rings is 3. The predicted molar refractivity (Wildman–Crippen MR) is 186 cm³/mol. The first-order valence-corrected chi connectivity index (χ1v) is 16.8. The zero-order valence-electron chi connectivity index (χ0n) is 30.1. The lowest BCUT2D eigenvalue weighted by Crippen LogP contribution is -3.00. The van der Waals surface area contributed by atoms with Crippen LogP contribution in [-0.2, 0) is 29.7 Å². The van der Waals surface area contributed by atoms with Crippen LogP contribution in [0, 0.1) is 0 Å². The number of methoxy groups -OCH3 is 1. The fourth-order valence-corrected chi connectivity index (χ4v) is 5.48. The molecule has 3 heterocycles. The van der Waals surface area contributed by atoms with Crippen molar-refractivity contribution in [2.75, 3.05) is 20.3 Å². The number of alkyl carbamates (subject to hydrolysis) is 1. The molecule has 2 aromatic heterocycles. The van der Waals surface area contributed by atoms with Crippen LogP contribution < -0.4 is 43.4 Å². The molecule has 6 rings (SSSR count). The van der Waals surface area contributed by atoms with Gasteiger partial charge in [-0.1, -0.05) is 36.4 Å². The number of tetrazole rings is 1. The van der Waals surface area contributed by atoms with Crippen molar-refractivity contribution in [2.45, 2.75) is 52.0 Å². The molecule has 0 spiro atoms. The van der Waals surface area contributed by atoms with Gasteiger partial charge in [-0.15, -0.1) is 19.9 Å². The summed E-state index contributed by atoms with van der Waals surface area (Å²) < 4.78 is 20.7. The number of carbonyl (C=O) groups excluding carboxylic acids is 3. The normalized spacial score (nSPS) is 13.0. The highest BCUT2D eigenvalue weighted by molar-refractivity contribution is 6.20. The van der Waals surface area contributed by atoms with Gasteiger partial charge in [-0.05, 0) is 79.9 Å². The zero-order valence-corrected chi connectivity index (χ0v) is 32.2. The van der Waals surface area contributed by atoms with Gasteiger partial charge >= 0.3 is 6.09 Å². The summed E-state index contributed by atoms with van der Waals surface area (Å²) in [4.78, 5) is 45.6. The van der Waals surface area contributed by atoms with Gasteiger partial charge in [-0.25, -0.2) is 9.63 Å². The van der Waals surface area contributed by atoms with Crippen molar-refractivity contribution in [3.05, 3.63) is 108 Å². The predicted octanol–water partition coefficient (Wildman–Crippen LogP) is 1.29. The molecular weight excluding hydrogens is 795 g/mol. The van der Waals surface area contributed by atoms with E-state index in [-0.39, 0.29) is 47.5 Å². The highest BCUT2D eigenvalue weighted by atomic mass is 127. The van der Waals surface area contributed by atoms with Crippen molar-refractivity contribution in [3.8, 4) is 22.6 Å². The molecule has 0 fully saturated rings. The van der Waals surface area contributed by atoms with Gasteiger partial charge in [0, 0.05) is 6.54 Å². The number of hydrogen-bond donors (Lipinski definition) is 1. The number of halogens is 1. The smallest absolute Gasteiger partial charge is 0.407 e. The second-order valence-corrected chi connectivity index (χ2v) is 13.1. The van der Waals surface area contributed by atoms with Crippen LogP contribution in [0.3, 0.4) is 0 Å². The highest BCUT2D eigenvalue weighted by Crippen LogP contribution is 2.28. The summed E-state index contributed by atoms with van der Waals surface area (Å²) in [5, 5.41) is 16.4. The quantitative estimate of drug-likeness (QED) is 0.0750. The summed E-state index contributed by atoms with van der Waals surface area (Å²) in [6.07, 6.45) is 3.30. The number of ether oxygens (including phenoxy) is 3. The molecule has 0 bridgehead atoms. The molecule has 1 aliphatic heterocycles. The highest BCUT2D eigenvalue weighted by Gasteiger charge is 2.39. The summed E-state index contributed by atoms with van der Waals surface area (Å²) in [7, 11) is 3.56. The van der Waals surface area contributed by atoms with Crippen molar-refractivity contribution in [1.29, 1.82) is 0 Å². The molecule has 3 amide bonds. The second kappa shape index (κ2) is 17.0. The van der Waals surface area contributed by atoms with Crippen LogP contribution in [-0.4, -0.2) is 73.7 Å². The Balaban J connectivity index is 0.00000541. The van der Waals surface area contributed by atoms with E-state index in [1.807, 2.05) is 93.4 Å². The van der Waals surface area contributed by atoms with E-state index >= 15 is 0 Å². The Hall–Kier alpha value is -5.36. The monoisotopic (exact) mass is 836 g/mol. The van der Waals surface area contributed by atoms with Crippen molar-refractivity contribution in [3.63, 3.8) is 0 Å². The summed E-state index contributed by atoms with van der Waals surface area (Å²) in [5.74, 6) is 0.226. The van der Waals surface area contributed by atoms with E-state index in [1.54, 1.807) is 31.4 Å². The molecule has 1 aliphatic rings. The summed E-state index contributed by atoms with van der Waals surface area (Å²) in [6.45, 7) is 6.87. The molecule has 1 atom stereocenters. The van der Waals surface area contributed by atoms with Gasteiger partial charge in [0.25, 0.3) is 11.8 Å². The van der Waals surface area contributed by atoms with Gasteiger partial charge in [-0.2, -0.15) is 9.48 Å². The van der Waals surface area contributed by atoms with Gasteiger partial charge in [0.05, 0.1) is 43.1 Å². The van der Waals surface area contributed by atoms with E-state index in [9.17, 15) is 14.4 Å². The number of fused-ring (bicyclic) bond motifs is 1. The number of carbonyl (C=O) groups is 3. The third-order valence-electron chi connectivity index (χ3n) is 8.07. The van der Waals surface area contributed by atoms with Gasteiger partial charge in [0.1, 0.15) is 23.7 Å². The molecular formula is C37H41IN8O7. The molecule has 53 heavy (non-hydrogen) atoms. The number of aromatic nitrogens is 6. The van der Waals surface area contributed by atoms with Gasteiger partial charge in [0.2, 0.25) is 12.0 Å². The SMILES string of the molecule is COc1ccc(Cn2nnc([C@H](COc3ccc(-c4cn(CCCNC(=O)OC(C)(C)C)[n+](C)c4)cc3)ON3C(=O)c4ccccc4C3=O)n2)cc1.[I-]. The van der Waals surface area contributed by atoms with Crippen molar-refractivity contribution in [1.82, 2.24) is 35.3 Å². The Morgan fingerprint density at radius 2 is 1.58 bits per heavy atom. The maximum atomic E-state index is 13.1. The number of amides is 3. The van der Waals surface area contributed by atoms with Crippen LogP contribution >= 0.6 is 0 Å². The standard InChI is InChI=1S/C37H40N8O7.HI/c1-37(2,3)51-36(48)38-19-8-20-43-23-27(22-42(43)4)26-13-17-29(18-14-26)50-24-32(52-45-34(46)30-9-6-7-10-31(30)35(45)47)33-39-41-44(40-33)21-25-11-15-28(49-5)16-12-25;/h6-7,9-18,22-23,32H,8,19-21,24H2,1-5H3;1H/t32-;/m0./s1. The largest absolute Gasteiger partial charge is 1.00 e. The first-order chi connectivity index (χ1) is 25.0. The summed E-state index contributed by atoms with van der Waals surface area (Å²) in [6, 6.07) is 21.5. The lowest BCUT2D eigenvalue weighted by Gasteiger charge is -2.20. The summed E-state index contributed by atoms with van der Waals surface area (Å²) >= 11 is 0. The van der Waals surface area contributed by atoms with E-state index in [4.69, 9.17) is 19.0 Å². The Kier molecular flexibility index (Phi) is 12.5. The number of hydroxylamine groups is 2. The van der Waals surface area contributed by atoms with E-state index in [1.165, 1.54) is 4.80 Å². The lowest BCUT2D eigenvalue weighted by molar-refractivity contribution is -0.753. The Morgan fingerprint density at radius 1 is 0.925 bits per heavy atom. The Bertz CT molecular complexity index is 2010. The molecule has 0 radical (unpaired) electrons. The minimum absolute atomic E-state index is 0. The number of hydrogen-bond acceptors (Lipinski definition) is 10. The molecule has 278 valence electrons. The maximum absolute atomic E-state index is 13.1. The van der Waals surface area contributed by atoms with Crippen LogP contribution in [0.1, 0.15) is 65.4 Å². The average molecular weight is 837 g/mol.